The molecule has 0 spiro atoms. The summed E-state index contributed by atoms with van der Waals surface area (Å²) in [6.45, 7) is 5.71. The Hall–Kier alpha value is -3.23. The molecule has 1 fully saturated rings. The van der Waals surface area contributed by atoms with Gasteiger partial charge < -0.3 is 4.90 Å². The minimum Gasteiger partial charge on any atom is -0.341 e. The second-order valence-electron chi connectivity index (χ2n) is 9.61. The highest BCUT2D eigenvalue weighted by atomic mass is 35.5. The average molecular weight is 517 g/mol. The van der Waals surface area contributed by atoms with Gasteiger partial charge in [0.1, 0.15) is 17.1 Å². The van der Waals surface area contributed by atoms with Crippen LogP contribution in [0.25, 0.3) is 5.69 Å². The number of benzene rings is 1. The van der Waals surface area contributed by atoms with Gasteiger partial charge >= 0.3 is 6.18 Å². The quantitative estimate of drug-likeness (QED) is 0.497. The number of nitriles is 1. The molecule has 0 unspecified atom stereocenters. The van der Waals surface area contributed by atoms with Crippen LogP contribution < -0.4 is 4.90 Å². The van der Waals surface area contributed by atoms with Crippen LogP contribution in [0.3, 0.4) is 0 Å². The molecule has 0 aliphatic carbocycles. The Bertz CT molecular complexity index is 1320. The van der Waals surface area contributed by atoms with E-state index in [2.05, 4.69) is 30.8 Å². The lowest BCUT2D eigenvalue weighted by Crippen LogP contribution is -2.41. The van der Waals surface area contributed by atoms with Gasteiger partial charge in [-0.05, 0) is 56.5 Å². The molecule has 0 radical (unpaired) electrons. The summed E-state index contributed by atoms with van der Waals surface area (Å²) in [4.78, 5) is 11.6. The highest BCUT2D eigenvalue weighted by molar-refractivity contribution is 6.30. The van der Waals surface area contributed by atoms with Gasteiger partial charge in [-0.15, -0.1) is 10.2 Å². The van der Waals surface area contributed by atoms with E-state index in [0.717, 1.165) is 35.2 Å². The predicted molar refractivity (Wildman–Crippen MR) is 127 cm³/mol. The zero-order valence-corrected chi connectivity index (χ0v) is 20.6. The number of nitrogens with zero attached hydrogens (tertiary/aromatic N) is 8. The number of hydrogen-bond acceptors (Lipinski definition) is 7. The molecule has 0 amide bonds. The van der Waals surface area contributed by atoms with Crippen molar-refractivity contribution in [3.8, 4) is 11.8 Å². The first-order chi connectivity index (χ1) is 17.1. The molecule has 1 saturated heterocycles. The van der Waals surface area contributed by atoms with E-state index in [1.807, 2.05) is 36.9 Å². The van der Waals surface area contributed by atoms with Gasteiger partial charge in [0.2, 0.25) is 5.95 Å². The van der Waals surface area contributed by atoms with Crippen LogP contribution in [0.4, 0.5) is 19.1 Å². The molecule has 1 aromatic carbocycles. The van der Waals surface area contributed by atoms with Crippen molar-refractivity contribution in [3.63, 3.8) is 0 Å². The van der Waals surface area contributed by atoms with Gasteiger partial charge in [0.15, 0.2) is 5.82 Å². The molecular formula is C24H24ClF3N8. The van der Waals surface area contributed by atoms with E-state index < -0.39 is 17.4 Å². The molecule has 5 rings (SSSR count). The van der Waals surface area contributed by atoms with Crippen LogP contribution in [-0.4, -0.2) is 48.3 Å². The predicted octanol–water partition coefficient (Wildman–Crippen LogP) is 4.73. The Balaban J connectivity index is 1.43. The van der Waals surface area contributed by atoms with Gasteiger partial charge in [-0.3, -0.25) is 9.47 Å². The number of halogens is 4. The van der Waals surface area contributed by atoms with Gasteiger partial charge in [0.05, 0.1) is 18.3 Å². The van der Waals surface area contributed by atoms with Crippen molar-refractivity contribution < 1.29 is 13.2 Å². The second-order valence-corrected chi connectivity index (χ2v) is 10.0. The first kappa shape index (κ1) is 24.5. The van der Waals surface area contributed by atoms with Crippen LogP contribution in [-0.2, 0) is 19.3 Å². The number of fused-ring (bicyclic) bond motifs is 3. The Morgan fingerprint density at radius 1 is 1.08 bits per heavy atom. The van der Waals surface area contributed by atoms with E-state index in [1.165, 1.54) is 0 Å². The third-order valence-corrected chi connectivity index (χ3v) is 7.11. The molecule has 3 aromatic rings. The molecule has 36 heavy (non-hydrogen) atoms. The van der Waals surface area contributed by atoms with E-state index in [4.69, 9.17) is 11.6 Å². The summed E-state index contributed by atoms with van der Waals surface area (Å²) < 4.78 is 41.3. The highest BCUT2D eigenvalue weighted by Gasteiger charge is 2.36. The standard InChI is InChI=1S/C24H24ClF3N8/c1-23(2,14-29)35-12-16-11-17(25)3-4-18(16)36-20(13-35)32-33-21(36)15-6-9-34(10-7-15)22-30-8-5-19(31-22)24(26,27)28/h3-5,8,11,15H,6-7,9-10,12-13H2,1-2H3. The Kier molecular flexibility index (Phi) is 6.12. The van der Waals surface area contributed by atoms with Crippen LogP contribution in [0.15, 0.2) is 30.5 Å². The Morgan fingerprint density at radius 2 is 1.83 bits per heavy atom. The maximum absolute atomic E-state index is 13.1. The van der Waals surface area contributed by atoms with Crippen molar-refractivity contribution in [1.29, 1.82) is 5.26 Å². The SMILES string of the molecule is CC(C)(C#N)N1Cc2cc(Cl)ccc2-n2c(nnc2C2CCN(c3nccc(C(F)(F)F)n3)CC2)C1. The van der Waals surface area contributed by atoms with Crippen molar-refractivity contribution in [2.75, 3.05) is 18.0 Å². The van der Waals surface area contributed by atoms with Gasteiger partial charge in [0.25, 0.3) is 0 Å². The van der Waals surface area contributed by atoms with Crippen LogP contribution in [0, 0.1) is 11.3 Å². The lowest BCUT2D eigenvalue weighted by Gasteiger charge is -2.32. The van der Waals surface area contributed by atoms with Crippen molar-refractivity contribution in [2.24, 2.45) is 0 Å². The molecule has 0 atom stereocenters. The minimum absolute atomic E-state index is 0.0485. The first-order valence-corrected chi connectivity index (χ1v) is 12.0. The number of aromatic nitrogens is 5. The number of rotatable bonds is 3. The summed E-state index contributed by atoms with van der Waals surface area (Å²) in [6.07, 6.45) is -2.05. The van der Waals surface area contributed by atoms with E-state index in [1.54, 1.807) is 4.90 Å². The molecule has 2 aliphatic heterocycles. The fourth-order valence-electron chi connectivity index (χ4n) is 4.75. The summed E-state index contributed by atoms with van der Waals surface area (Å²) >= 11 is 6.32. The molecule has 8 nitrogen and oxygen atoms in total. The first-order valence-electron chi connectivity index (χ1n) is 11.6. The zero-order valence-electron chi connectivity index (χ0n) is 19.8. The second kappa shape index (κ2) is 9.01. The van der Waals surface area contributed by atoms with Crippen molar-refractivity contribution in [2.45, 2.75) is 57.4 Å². The summed E-state index contributed by atoms with van der Waals surface area (Å²) in [5.74, 6) is 1.66. The molecule has 12 heteroatoms. The van der Waals surface area contributed by atoms with Crippen molar-refractivity contribution >= 4 is 17.5 Å². The van der Waals surface area contributed by atoms with E-state index >= 15 is 0 Å². The fourth-order valence-corrected chi connectivity index (χ4v) is 4.95. The molecule has 4 heterocycles. The van der Waals surface area contributed by atoms with Crippen molar-refractivity contribution in [1.82, 2.24) is 29.6 Å². The van der Waals surface area contributed by atoms with Gasteiger partial charge in [-0.1, -0.05) is 11.6 Å². The summed E-state index contributed by atoms with van der Waals surface area (Å²) in [7, 11) is 0. The summed E-state index contributed by atoms with van der Waals surface area (Å²) in [5.41, 5.74) is 0.226. The van der Waals surface area contributed by atoms with E-state index in [-0.39, 0.29) is 11.9 Å². The van der Waals surface area contributed by atoms with Crippen LogP contribution in [0.5, 0.6) is 0 Å². The molecule has 2 aromatic heterocycles. The lowest BCUT2D eigenvalue weighted by atomic mass is 9.95. The topological polar surface area (TPSA) is 86.8 Å². The van der Waals surface area contributed by atoms with E-state index in [0.29, 0.717) is 44.0 Å². The molecule has 2 aliphatic rings. The van der Waals surface area contributed by atoms with Crippen LogP contribution in [0.1, 0.15) is 55.5 Å². The molecule has 0 saturated carbocycles. The zero-order chi connectivity index (χ0) is 25.7. The monoisotopic (exact) mass is 516 g/mol. The smallest absolute Gasteiger partial charge is 0.341 e. The van der Waals surface area contributed by atoms with Gasteiger partial charge in [-0.25, -0.2) is 9.97 Å². The maximum atomic E-state index is 13.1. The van der Waals surface area contributed by atoms with E-state index in [9.17, 15) is 18.4 Å². The number of alkyl halides is 3. The fraction of sp³-hybridized carbons (Fsp3) is 0.458. The largest absolute Gasteiger partial charge is 0.433 e. The minimum atomic E-state index is -4.51. The normalized spacial score (nSPS) is 17.3. The Labute approximate surface area is 211 Å². The average Bonchev–Trinajstić information content (AvgIpc) is 3.19. The molecule has 0 N–H and O–H groups in total. The summed E-state index contributed by atoms with van der Waals surface area (Å²) in [5, 5.41) is 19.4. The molecule has 0 bridgehead atoms. The number of piperidine rings is 1. The van der Waals surface area contributed by atoms with Gasteiger partial charge in [0, 0.05) is 36.8 Å². The number of anilines is 1. The summed E-state index contributed by atoms with van der Waals surface area (Å²) in [6, 6.07) is 8.92. The third-order valence-electron chi connectivity index (χ3n) is 6.87. The molecular weight excluding hydrogens is 493 g/mol. The molecule has 188 valence electrons. The van der Waals surface area contributed by atoms with Crippen LogP contribution in [0.2, 0.25) is 5.02 Å². The highest BCUT2D eigenvalue weighted by Crippen LogP contribution is 2.36. The van der Waals surface area contributed by atoms with Gasteiger partial charge in [-0.2, -0.15) is 18.4 Å². The maximum Gasteiger partial charge on any atom is 0.433 e. The number of hydrogen-bond donors (Lipinski definition) is 0. The van der Waals surface area contributed by atoms with Crippen molar-refractivity contribution in [3.05, 3.63) is 58.4 Å². The van der Waals surface area contributed by atoms with Crippen LogP contribution >= 0.6 is 11.6 Å². The Morgan fingerprint density at radius 3 is 2.53 bits per heavy atom. The third kappa shape index (κ3) is 4.51. The lowest BCUT2D eigenvalue weighted by molar-refractivity contribution is -0.141.